The highest BCUT2D eigenvalue weighted by Gasteiger charge is 2.09. The SMILES string of the molecule is Cc1cc(Nc2ccc(Cl)c(C(=O)O)c2)ccc1C#N. The van der Waals surface area contributed by atoms with Crippen molar-refractivity contribution >= 4 is 28.9 Å². The summed E-state index contributed by atoms with van der Waals surface area (Å²) in [7, 11) is 0. The van der Waals surface area contributed by atoms with E-state index in [1.165, 1.54) is 12.1 Å². The quantitative estimate of drug-likeness (QED) is 0.895. The molecule has 0 radical (unpaired) electrons. The molecule has 2 rings (SSSR count). The number of nitrogens with one attached hydrogen (secondary N) is 1. The van der Waals surface area contributed by atoms with Crippen LogP contribution in [-0.4, -0.2) is 11.1 Å². The first-order chi connectivity index (χ1) is 9.51. The maximum absolute atomic E-state index is 11.0. The van der Waals surface area contributed by atoms with Crippen LogP contribution >= 0.6 is 11.6 Å². The Hall–Kier alpha value is -2.51. The second kappa shape index (κ2) is 5.64. The van der Waals surface area contributed by atoms with Crippen molar-refractivity contribution in [2.24, 2.45) is 0 Å². The lowest BCUT2D eigenvalue weighted by atomic mass is 10.1. The van der Waals surface area contributed by atoms with E-state index in [0.29, 0.717) is 11.3 Å². The van der Waals surface area contributed by atoms with Crippen molar-refractivity contribution in [1.29, 1.82) is 5.26 Å². The second-order valence-electron chi connectivity index (χ2n) is 4.27. The molecule has 20 heavy (non-hydrogen) atoms. The van der Waals surface area contributed by atoms with Crippen LogP contribution < -0.4 is 5.32 Å². The average Bonchev–Trinajstić information content (AvgIpc) is 2.41. The number of nitrogens with zero attached hydrogens (tertiary/aromatic N) is 1. The summed E-state index contributed by atoms with van der Waals surface area (Å²) in [5.41, 5.74) is 2.90. The molecule has 5 heteroatoms. The molecule has 0 aliphatic heterocycles. The third-order valence-electron chi connectivity index (χ3n) is 2.83. The Labute approximate surface area is 121 Å². The van der Waals surface area contributed by atoms with Gasteiger partial charge in [-0.25, -0.2) is 4.79 Å². The van der Waals surface area contributed by atoms with Gasteiger partial charge in [0.05, 0.1) is 22.2 Å². The predicted octanol–water partition coefficient (Wildman–Crippen LogP) is 3.96. The van der Waals surface area contributed by atoms with E-state index in [4.69, 9.17) is 22.0 Å². The van der Waals surface area contributed by atoms with E-state index in [1.54, 1.807) is 18.2 Å². The number of aromatic carboxylic acids is 1. The van der Waals surface area contributed by atoms with Crippen LogP contribution in [0.3, 0.4) is 0 Å². The number of nitriles is 1. The minimum atomic E-state index is -1.07. The van der Waals surface area contributed by atoms with Crippen molar-refractivity contribution in [2.75, 3.05) is 5.32 Å². The van der Waals surface area contributed by atoms with Crippen LogP contribution in [0.15, 0.2) is 36.4 Å². The van der Waals surface area contributed by atoms with Gasteiger partial charge in [-0.3, -0.25) is 0 Å². The summed E-state index contributed by atoms with van der Waals surface area (Å²) in [6.45, 7) is 1.84. The van der Waals surface area contributed by atoms with Crippen LogP contribution in [-0.2, 0) is 0 Å². The minimum absolute atomic E-state index is 0.0435. The lowest BCUT2D eigenvalue weighted by Crippen LogP contribution is -1.99. The van der Waals surface area contributed by atoms with E-state index in [1.807, 2.05) is 13.0 Å². The molecule has 0 spiro atoms. The molecule has 0 fully saturated rings. The Bertz CT molecular complexity index is 720. The number of anilines is 2. The van der Waals surface area contributed by atoms with Gasteiger partial charge in [-0.2, -0.15) is 5.26 Å². The van der Waals surface area contributed by atoms with Gasteiger partial charge < -0.3 is 10.4 Å². The van der Waals surface area contributed by atoms with Gasteiger partial charge in [0.15, 0.2) is 0 Å². The van der Waals surface area contributed by atoms with Crippen molar-refractivity contribution in [3.63, 3.8) is 0 Å². The van der Waals surface area contributed by atoms with Gasteiger partial charge in [-0.1, -0.05) is 11.6 Å². The Morgan fingerprint density at radius 1 is 1.25 bits per heavy atom. The maximum Gasteiger partial charge on any atom is 0.337 e. The van der Waals surface area contributed by atoms with E-state index in [0.717, 1.165) is 11.3 Å². The van der Waals surface area contributed by atoms with Crippen LogP contribution in [0.1, 0.15) is 21.5 Å². The summed E-state index contributed by atoms with van der Waals surface area (Å²) in [5, 5.41) is 21.2. The zero-order valence-corrected chi connectivity index (χ0v) is 11.4. The van der Waals surface area contributed by atoms with E-state index in [2.05, 4.69) is 11.4 Å². The summed E-state index contributed by atoms with van der Waals surface area (Å²) in [5.74, 6) is -1.07. The van der Waals surface area contributed by atoms with Gasteiger partial charge in [-0.15, -0.1) is 0 Å². The fraction of sp³-hybridized carbons (Fsp3) is 0.0667. The Morgan fingerprint density at radius 2 is 1.90 bits per heavy atom. The Balaban J connectivity index is 2.31. The van der Waals surface area contributed by atoms with E-state index in [-0.39, 0.29) is 10.6 Å². The second-order valence-corrected chi connectivity index (χ2v) is 4.67. The summed E-state index contributed by atoms with van der Waals surface area (Å²) >= 11 is 5.81. The summed E-state index contributed by atoms with van der Waals surface area (Å²) in [6.07, 6.45) is 0. The van der Waals surface area contributed by atoms with Crippen LogP contribution in [0.4, 0.5) is 11.4 Å². The Kier molecular flexibility index (Phi) is 3.92. The molecule has 2 N–H and O–H groups in total. The third-order valence-corrected chi connectivity index (χ3v) is 3.16. The molecule has 0 aliphatic rings. The summed E-state index contributed by atoms with van der Waals surface area (Å²) < 4.78 is 0. The first kappa shape index (κ1) is 13.9. The van der Waals surface area contributed by atoms with Gasteiger partial charge in [0.2, 0.25) is 0 Å². The summed E-state index contributed by atoms with van der Waals surface area (Å²) in [4.78, 5) is 11.0. The highest BCUT2D eigenvalue weighted by molar-refractivity contribution is 6.33. The number of aryl methyl sites for hydroxylation is 1. The first-order valence-electron chi connectivity index (χ1n) is 5.82. The van der Waals surface area contributed by atoms with Crippen molar-refractivity contribution in [1.82, 2.24) is 0 Å². The molecule has 0 unspecified atom stereocenters. The average molecular weight is 287 g/mol. The Morgan fingerprint density at radius 3 is 2.50 bits per heavy atom. The van der Waals surface area contributed by atoms with Crippen LogP contribution in [0.2, 0.25) is 5.02 Å². The molecule has 0 aromatic heterocycles. The topological polar surface area (TPSA) is 73.1 Å². The van der Waals surface area contributed by atoms with Crippen molar-refractivity contribution in [3.05, 3.63) is 58.1 Å². The number of hydrogen-bond acceptors (Lipinski definition) is 3. The monoisotopic (exact) mass is 286 g/mol. The number of rotatable bonds is 3. The molecule has 4 nitrogen and oxygen atoms in total. The van der Waals surface area contributed by atoms with E-state index < -0.39 is 5.97 Å². The highest BCUT2D eigenvalue weighted by atomic mass is 35.5. The standard InChI is InChI=1S/C15H11ClN2O2/c1-9-6-11(3-2-10(9)8-17)18-12-4-5-14(16)13(7-12)15(19)20/h2-7,18H,1H3,(H,19,20). The first-order valence-corrected chi connectivity index (χ1v) is 6.19. The smallest absolute Gasteiger partial charge is 0.337 e. The minimum Gasteiger partial charge on any atom is -0.478 e. The lowest BCUT2D eigenvalue weighted by molar-refractivity contribution is 0.0697. The highest BCUT2D eigenvalue weighted by Crippen LogP contribution is 2.24. The molecular weight excluding hydrogens is 276 g/mol. The number of benzene rings is 2. The van der Waals surface area contributed by atoms with Gasteiger partial charge in [0.1, 0.15) is 0 Å². The number of carboxylic acid groups (broad SMARTS) is 1. The number of carboxylic acids is 1. The third kappa shape index (κ3) is 2.90. The molecule has 0 atom stereocenters. The molecule has 2 aromatic carbocycles. The predicted molar refractivity (Wildman–Crippen MR) is 77.6 cm³/mol. The summed E-state index contributed by atoms with van der Waals surface area (Å²) in [6, 6.07) is 12.1. The van der Waals surface area contributed by atoms with Gasteiger partial charge in [0, 0.05) is 11.4 Å². The molecule has 0 saturated carbocycles. The molecule has 0 aliphatic carbocycles. The van der Waals surface area contributed by atoms with Crippen LogP contribution in [0.5, 0.6) is 0 Å². The molecule has 0 amide bonds. The van der Waals surface area contributed by atoms with Crippen molar-refractivity contribution < 1.29 is 9.90 Å². The molecule has 0 bridgehead atoms. The normalized spacial score (nSPS) is 9.85. The molecule has 2 aromatic rings. The fourth-order valence-electron chi connectivity index (χ4n) is 1.80. The number of hydrogen-bond donors (Lipinski definition) is 2. The van der Waals surface area contributed by atoms with Crippen LogP contribution in [0.25, 0.3) is 0 Å². The fourth-order valence-corrected chi connectivity index (χ4v) is 2.00. The number of halogens is 1. The lowest BCUT2D eigenvalue weighted by Gasteiger charge is -2.09. The number of carbonyl (C=O) groups is 1. The zero-order chi connectivity index (χ0) is 14.7. The molecule has 100 valence electrons. The van der Waals surface area contributed by atoms with Gasteiger partial charge >= 0.3 is 5.97 Å². The van der Waals surface area contributed by atoms with Crippen molar-refractivity contribution in [3.8, 4) is 6.07 Å². The van der Waals surface area contributed by atoms with Crippen LogP contribution in [0, 0.1) is 18.3 Å². The van der Waals surface area contributed by atoms with Gasteiger partial charge in [0.25, 0.3) is 0 Å². The largest absolute Gasteiger partial charge is 0.478 e. The zero-order valence-electron chi connectivity index (χ0n) is 10.6. The van der Waals surface area contributed by atoms with E-state index >= 15 is 0 Å². The maximum atomic E-state index is 11.0. The van der Waals surface area contributed by atoms with Crippen molar-refractivity contribution in [2.45, 2.75) is 6.92 Å². The molecule has 0 saturated heterocycles. The molecule has 0 heterocycles. The molecular formula is C15H11ClN2O2. The van der Waals surface area contributed by atoms with Gasteiger partial charge in [-0.05, 0) is 48.9 Å². The van der Waals surface area contributed by atoms with E-state index in [9.17, 15) is 4.79 Å².